The first kappa shape index (κ1) is 21.6. The summed E-state index contributed by atoms with van der Waals surface area (Å²) in [6, 6.07) is 5.69. The van der Waals surface area contributed by atoms with Crippen LogP contribution >= 0.6 is 18.9 Å². The van der Waals surface area contributed by atoms with E-state index in [-0.39, 0.29) is 12.3 Å². The van der Waals surface area contributed by atoms with Crippen LogP contribution in [-0.2, 0) is 19.8 Å². The lowest BCUT2D eigenvalue weighted by Gasteiger charge is -2.15. The van der Waals surface area contributed by atoms with Gasteiger partial charge in [0, 0.05) is 10.8 Å². The van der Waals surface area contributed by atoms with Gasteiger partial charge in [0.25, 0.3) is 0 Å². The van der Waals surface area contributed by atoms with Gasteiger partial charge in [0.1, 0.15) is 17.9 Å². The third-order valence-electron chi connectivity index (χ3n) is 3.76. The van der Waals surface area contributed by atoms with Gasteiger partial charge < -0.3 is 19.1 Å². The first-order valence-corrected chi connectivity index (χ1v) is 12.0. The van der Waals surface area contributed by atoms with Crippen molar-refractivity contribution in [2.75, 3.05) is 18.5 Å². The molecule has 0 unspecified atom stereocenters. The molecule has 0 radical (unpaired) electrons. The van der Waals surface area contributed by atoms with Crippen molar-refractivity contribution in [3.8, 4) is 5.75 Å². The number of fused-ring (bicyclic) bond motifs is 1. The number of hydrogen-bond acceptors (Lipinski definition) is 9. The Hall–Kier alpha value is -2.06. The van der Waals surface area contributed by atoms with Crippen LogP contribution in [0, 0.1) is 0 Å². The predicted molar refractivity (Wildman–Crippen MR) is 115 cm³/mol. The molecule has 2 aromatic heterocycles. The molecular formula is C19H25N4O4PS. The van der Waals surface area contributed by atoms with E-state index in [2.05, 4.69) is 20.3 Å². The number of rotatable bonds is 10. The minimum atomic E-state index is -3.20. The zero-order valence-corrected chi connectivity index (χ0v) is 18.6. The Labute approximate surface area is 174 Å². The molecule has 156 valence electrons. The molecule has 3 aromatic rings. The molecule has 0 spiro atoms. The van der Waals surface area contributed by atoms with Crippen LogP contribution in [0.5, 0.6) is 5.75 Å². The van der Waals surface area contributed by atoms with E-state index in [1.54, 1.807) is 13.8 Å². The lowest BCUT2D eigenvalue weighted by molar-refractivity contribution is 0.219. The summed E-state index contributed by atoms with van der Waals surface area (Å²) in [5, 5.41) is 6.53. The number of benzene rings is 1. The Bertz CT molecular complexity index is 1000. The summed E-state index contributed by atoms with van der Waals surface area (Å²) in [4.78, 5) is 13.2. The van der Waals surface area contributed by atoms with Gasteiger partial charge in [-0.3, -0.25) is 4.57 Å². The van der Waals surface area contributed by atoms with E-state index in [0.29, 0.717) is 29.9 Å². The van der Waals surface area contributed by atoms with Crippen LogP contribution in [0.2, 0.25) is 0 Å². The van der Waals surface area contributed by atoms with Crippen molar-refractivity contribution in [1.29, 1.82) is 0 Å². The fourth-order valence-electron chi connectivity index (χ4n) is 2.74. The molecule has 0 atom stereocenters. The molecule has 0 amide bonds. The van der Waals surface area contributed by atoms with Crippen molar-refractivity contribution in [2.45, 2.75) is 40.0 Å². The number of ether oxygens (including phenoxy) is 1. The highest BCUT2D eigenvalue weighted by atomic mass is 32.1. The van der Waals surface area contributed by atoms with Gasteiger partial charge in [-0.1, -0.05) is 0 Å². The fourth-order valence-corrected chi connectivity index (χ4v) is 5.17. The van der Waals surface area contributed by atoms with Gasteiger partial charge in [-0.15, -0.1) is 11.3 Å². The molecule has 0 saturated carbocycles. The first-order chi connectivity index (χ1) is 13.9. The van der Waals surface area contributed by atoms with E-state index >= 15 is 0 Å². The van der Waals surface area contributed by atoms with E-state index in [4.69, 9.17) is 13.8 Å². The van der Waals surface area contributed by atoms with Crippen molar-refractivity contribution in [3.63, 3.8) is 0 Å². The van der Waals surface area contributed by atoms with Gasteiger partial charge in [-0.25, -0.2) is 15.0 Å². The second-order valence-corrected chi connectivity index (χ2v) is 9.35. The SMILES string of the molecule is CCOP(=O)(Cc1csc(Nc2ncnc3ccc(OC(C)C)cc23)n1)OCC. The van der Waals surface area contributed by atoms with Crippen LogP contribution in [0.1, 0.15) is 33.4 Å². The van der Waals surface area contributed by atoms with Crippen LogP contribution in [0.3, 0.4) is 0 Å². The summed E-state index contributed by atoms with van der Waals surface area (Å²) >= 11 is 1.40. The average Bonchev–Trinajstić information content (AvgIpc) is 3.08. The third kappa shape index (κ3) is 5.73. The van der Waals surface area contributed by atoms with Crippen molar-refractivity contribution in [1.82, 2.24) is 15.0 Å². The lowest BCUT2D eigenvalue weighted by atomic mass is 10.2. The maximum absolute atomic E-state index is 12.7. The quantitative estimate of drug-likeness (QED) is 0.423. The van der Waals surface area contributed by atoms with E-state index in [9.17, 15) is 4.57 Å². The van der Waals surface area contributed by atoms with Crippen LogP contribution < -0.4 is 10.1 Å². The molecule has 0 saturated heterocycles. The Morgan fingerprint density at radius 2 is 1.93 bits per heavy atom. The van der Waals surface area contributed by atoms with E-state index in [1.807, 2.05) is 37.4 Å². The number of hydrogen-bond donors (Lipinski definition) is 1. The second kappa shape index (κ2) is 9.63. The number of nitrogens with zero attached hydrogens (tertiary/aromatic N) is 3. The molecule has 0 aliphatic heterocycles. The highest BCUT2D eigenvalue weighted by molar-refractivity contribution is 7.53. The first-order valence-electron chi connectivity index (χ1n) is 9.43. The Balaban J connectivity index is 1.82. The normalized spacial score (nSPS) is 11.9. The molecule has 1 aromatic carbocycles. The van der Waals surface area contributed by atoms with Gasteiger partial charge in [-0.2, -0.15) is 0 Å². The zero-order chi connectivity index (χ0) is 20.9. The Morgan fingerprint density at radius 1 is 1.17 bits per heavy atom. The molecule has 10 heteroatoms. The number of anilines is 2. The molecule has 0 fully saturated rings. The minimum absolute atomic E-state index is 0.0707. The topological polar surface area (TPSA) is 95.5 Å². The molecule has 0 bridgehead atoms. The molecule has 1 N–H and O–H groups in total. The van der Waals surface area contributed by atoms with Crippen molar-refractivity contribution in [3.05, 3.63) is 35.6 Å². The average molecular weight is 436 g/mol. The van der Waals surface area contributed by atoms with Crippen LogP contribution in [0.15, 0.2) is 29.9 Å². The fraction of sp³-hybridized carbons (Fsp3) is 0.421. The minimum Gasteiger partial charge on any atom is -0.491 e. The molecule has 8 nitrogen and oxygen atoms in total. The van der Waals surface area contributed by atoms with Crippen LogP contribution in [-0.4, -0.2) is 34.3 Å². The molecular weight excluding hydrogens is 411 g/mol. The number of nitrogens with one attached hydrogen (secondary N) is 1. The standard InChI is InChI=1S/C19H25N4O4PS/c1-5-25-28(24,26-6-2)10-14-11-29-19(22-14)23-18-16-9-15(27-13(3)4)7-8-17(16)20-12-21-18/h7-9,11-13H,5-6,10H2,1-4H3,(H,20,21,22,23). The number of thiazole rings is 1. The maximum Gasteiger partial charge on any atom is 0.336 e. The highest BCUT2D eigenvalue weighted by Gasteiger charge is 2.25. The summed E-state index contributed by atoms with van der Waals surface area (Å²) in [5.41, 5.74) is 1.44. The van der Waals surface area contributed by atoms with Gasteiger partial charge in [0.05, 0.1) is 36.7 Å². The monoisotopic (exact) mass is 436 g/mol. The summed E-state index contributed by atoms with van der Waals surface area (Å²) in [5.74, 6) is 1.38. The molecule has 3 rings (SSSR count). The largest absolute Gasteiger partial charge is 0.491 e. The zero-order valence-electron chi connectivity index (χ0n) is 16.9. The van der Waals surface area contributed by atoms with Crippen LogP contribution in [0.25, 0.3) is 10.9 Å². The van der Waals surface area contributed by atoms with Crippen molar-refractivity contribution in [2.24, 2.45) is 0 Å². The summed E-state index contributed by atoms with van der Waals surface area (Å²) in [6.07, 6.45) is 1.70. The third-order valence-corrected chi connectivity index (χ3v) is 6.58. The summed E-state index contributed by atoms with van der Waals surface area (Å²) in [7, 11) is -3.20. The van der Waals surface area contributed by atoms with Gasteiger partial charge in [0.2, 0.25) is 0 Å². The Kier molecular flexibility index (Phi) is 7.18. The Morgan fingerprint density at radius 3 is 2.62 bits per heavy atom. The molecule has 0 aliphatic carbocycles. The maximum atomic E-state index is 12.7. The summed E-state index contributed by atoms with van der Waals surface area (Å²) < 4.78 is 29.2. The summed E-state index contributed by atoms with van der Waals surface area (Å²) in [6.45, 7) is 8.17. The molecule has 0 aliphatic rings. The predicted octanol–water partition coefficient (Wildman–Crippen LogP) is 5.38. The van der Waals surface area contributed by atoms with Gasteiger partial charge in [-0.05, 0) is 45.9 Å². The van der Waals surface area contributed by atoms with E-state index in [1.165, 1.54) is 17.7 Å². The van der Waals surface area contributed by atoms with Crippen molar-refractivity contribution >= 4 is 40.8 Å². The van der Waals surface area contributed by atoms with Crippen molar-refractivity contribution < 1.29 is 18.3 Å². The second-order valence-electron chi connectivity index (χ2n) is 6.44. The smallest absolute Gasteiger partial charge is 0.336 e. The molecule has 29 heavy (non-hydrogen) atoms. The number of aromatic nitrogens is 3. The van der Waals surface area contributed by atoms with Crippen LogP contribution in [0.4, 0.5) is 10.9 Å². The van der Waals surface area contributed by atoms with Gasteiger partial charge >= 0.3 is 7.60 Å². The highest BCUT2D eigenvalue weighted by Crippen LogP contribution is 2.51. The lowest BCUT2D eigenvalue weighted by Crippen LogP contribution is -2.05. The van der Waals surface area contributed by atoms with E-state index < -0.39 is 7.60 Å². The van der Waals surface area contributed by atoms with Gasteiger partial charge in [0.15, 0.2) is 5.13 Å². The van der Waals surface area contributed by atoms with E-state index in [0.717, 1.165) is 16.7 Å². The molecule has 2 heterocycles.